The van der Waals surface area contributed by atoms with Crippen molar-refractivity contribution in [3.8, 4) is 0 Å². The predicted molar refractivity (Wildman–Crippen MR) is 97.5 cm³/mol. The summed E-state index contributed by atoms with van der Waals surface area (Å²) in [6, 6.07) is 3.29. The summed E-state index contributed by atoms with van der Waals surface area (Å²) in [6.07, 6.45) is 0.456. The fourth-order valence-electron chi connectivity index (χ4n) is 3.06. The van der Waals surface area contributed by atoms with Gasteiger partial charge in [-0.25, -0.2) is 14.4 Å². The summed E-state index contributed by atoms with van der Waals surface area (Å²) in [7, 11) is 3.41. The molecule has 3 rings (SSSR count). The molecule has 0 atom stereocenters. The van der Waals surface area contributed by atoms with Crippen LogP contribution in [-0.4, -0.2) is 52.4 Å². The largest absolute Gasteiger partial charge is 0.449 e. The van der Waals surface area contributed by atoms with Crippen LogP contribution in [0.1, 0.15) is 12.0 Å². The van der Waals surface area contributed by atoms with Gasteiger partial charge in [0.25, 0.3) is 0 Å². The van der Waals surface area contributed by atoms with Crippen molar-refractivity contribution >= 4 is 28.8 Å². The molecule has 9 heteroatoms. The number of carbonyl (C=O) groups excluding carboxylic acids is 2. The van der Waals surface area contributed by atoms with Crippen molar-refractivity contribution in [2.24, 2.45) is 14.1 Å². The number of carbonyl (C=O) groups is 2. The summed E-state index contributed by atoms with van der Waals surface area (Å²) in [6.45, 7) is 3.69. The van der Waals surface area contributed by atoms with E-state index in [-0.39, 0.29) is 17.8 Å². The Morgan fingerprint density at radius 1 is 1.19 bits per heavy atom. The highest BCUT2D eigenvalue weighted by Crippen LogP contribution is 2.22. The molecule has 0 radical (unpaired) electrons. The van der Waals surface area contributed by atoms with E-state index in [0.29, 0.717) is 31.9 Å². The summed E-state index contributed by atoms with van der Waals surface area (Å²) < 4.78 is 8.07. The van der Waals surface area contributed by atoms with Crippen LogP contribution in [0.5, 0.6) is 0 Å². The number of hydrogen-bond acceptors (Lipinski definition) is 4. The van der Waals surface area contributed by atoms with E-state index < -0.39 is 0 Å². The van der Waals surface area contributed by atoms with E-state index in [1.807, 2.05) is 13.0 Å². The van der Waals surface area contributed by atoms with Gasteiger partial charge in [-0.1, -0.05) is 0 Å². The van der Waals surface area contributed by atoms with Crippen LogP contribution in [0.4, 0.5) is 15.3 Å². The van der Waals surface area contributed by atoms with Gasteiger partial charge in [0.05, 0.1) is 17.6 Å². The van der Waals surface area contributed by atoms with E-state index in [1.165, 1.54) is 0 Å². The number of nitrogens with zero attached hydrogens (tertiary/aromatic N) is 3. The van der Waals surface area contributed by atoms with Gasteiger partial charge in [0.2, 0.25) is 0 Å². The lowest BCUT2D eigenvalue weighted by molar-refractivity contribution is 0.0736. The molecule has 1 aromatic heterocycles. The van der Waals surface area contributed by atoms with Crippen molar-refractivity contribution < 1.29 is 14.3 Å². The number of cyclic esters (lactones) is 1. The van der Waals surface area contributed by atoms with Gasteiger partial charge in [0.1, 0.15) is 0 Å². The van der Waals surface area contributed by atoms with E-state index in [0.717, 1.165) is 23.0 Å². The quantitative estimate of drug-likeness (QED) is 0.854. The molecular weight excluding hydrogens is 338 g/mol. The molecule has 26 heavy (non-hydrogen) atoms. The molecule has 1 fully saturated rings. The van der Waals surface area contributed by atoms with Crippen molar-refractivity contribution in [3.05, 3.63) is 28.2 Å². The molecule has 1 aromatic carbocycles. The average Bonchev–Trinajstić information content (AvgIpc) is 2.81. The number of hydrogen-bond donors (Lipinski definition) is 2. The van der Waals surface area contributed by atoms with Crippen LogP contribution in [0, 0.1) is 6.92 Å². The maximum Gasteiger partial charge on any atom is 0.409 e. The zero-order chi connectivity index (χ0) is 18.8. The number of fused-ring (bicyclic) bond motifs is 1. The van der Waals surface area contributed by atoms with Crippen molar-refractivity contribution in [1.29, 1.82) is 0 Å². The first kappa shape index (κ1) is 17.8. The minimum atomic E-state index is -0.362. The Balaban J connectivity index is 1.64. The number of anilines is 1. The highest BCUT2D eigenvalue weighted by atomic mass is 16.6. The van der Waals surface area contributed by atoms with Crippen molar-refractivity contribution in [2.75, 3.05) is 31.6 Å². The van der Waals surface area contributed by atoms with Gasteiger partial charge in [-0.2, -0.15) is 0 Å². The third-order valence-electron chi connectivity index (χ3n) is 4.59. The molecule has 2 aromatic rings. The maximum atomic E-state index is 12.2. The molecule has 3 amide bonds. The van der Waals surface area contributed by atoms with Gasteiger partial charge < -0.3 is 20.3 Å². The third kappa shape index (κ3) is 3.37. The second-order valence-electron chi connectivity index (χ2n) is 6.39. The number of imidazole rings is 1. The van der Waals surface area contributed by atoms with Crippen LogP contribution in [0.2, 0.25) is 0 Å². The van der Waals surface area contributed by atoms with Gasteiger partial charge in [-0.15, -0.1) is 0 Å². The Hall–Kier alpha value is -2.97. The Labute approximate surface area is 150 Å². The van der Waals surface area contributed by atoms with Gasteiger partial charge >= 0.3 is 17.8 Å². The van der Waals surface area contributed by atoms with Crippen molar-refractivity contribution in [1.82, 2.24) is 19.4 Å². The number of nitrogens with one attached hydrogen (secondary N) is 2. The SMILES string of the molecule is Cc1cc2c(cc1NC(=O)NCCN1CCCOC1=O)n(C)c(=O)n2C. The van der Waals surface area contributed by atoms with E-state index >= 15 is 0 Å². The molecule has 1 aliphatic heterocycles. The standard InChI is InChI=1S/C17H23N5O4/c1-11-9-13-14(21(3)16(24)20(13)2)10-12(11)19-15(23)18-5-7-22-6-4-8-26-17(22)25/h9-10H,4-8H2,1-3H3,(H2,18,19,23). The molecule has 0 unspecified atom stereocenters. The number of amides is 3. The minimum Gasteiger partial charge on any atom is -0.449 e. The highest BCUT2D eigenvalue weighted by molar-refractivity contribution is 5.93. The fraction of sp³-hybridized carbons (Fsp3) is 0.471. The molecule has 1 aliphatic rings. The number of rotatable bonds is 4. The summed E-state index contributed by atoms with van der Waals surface area (Å²) in [5.74, 6) is 0. The molecule has 0 spiro atoms. The molecule has 0 aliphatic carbocycles. The normalized spacial score (nSPS) is 14.4. The molecule has 2 N–H and O–H groups in total. The lowest BCUT2D eigenvalue weighted by atomic mass is 10.1. The first-order chi connectivity index (χ1) is 12.4. The van der Waals surface area contributed by atoms with Crippen LogP contribution in [0.15, 0.2) is 16.9 Å². The monoisotopic (exact) mass is 361 g/mol. The van der Waals surface area contributed by atoms with Gasteiger partial charge in [0, 0.05) is 39.4 Å². The molecule has 9 nitrogen and oxygen atoms in total. The zero-order valence-corrected chi connectivity index (χ0v) is 15.2. The lowest BCUT2D eigenvalue weighted by Crippen LogP contribution is -2.43. The zero-order valence-electron chi connectivity index (χ0n) is 15.2. The summed E-state index contributed by atoms with van der Waals surface area (Å²) >= 11 is 0. The number of benzene rings is 1. The van der Waals surface area contributed by atoms with Gasteiger partial charge in [-0.05, 0) is 31.0 Å². The number of ether oxygens (including phenoxy) is 1. The summed E-state index contributed by atoms with van der Waals surface area (Å²) in [4.78, 5) is 37.3. The van der Waals surface area contributed by atoms with E-state index in [4.69, 9.17) is 4.74 Å². The lowest BCUT2D eigenvalue weighted by Gasteiger charge is -2.26. The smallest absolute Gasteiger partial charge is 0.409 e. The minimum absolute atomic E-state index is 0.116. The Kier molecular flexibility index (Phi) is 4.88. The number of urea groups is 1. The van der Waals surface area contributed by atoms with E-state index in [2.05, 4.69) is 10.6 Å². The summed E-state index contributed by atoms with van der Waals surface area (Å²) in [5, 5.41) is 5.53. The molecule has 0 saturated carbocycles. The Morgan fingerprint density at radius 2 is 1.88 bits per heavy atom. The van der Waals surface area contributed by atoms with Crippen molar-refractivity contribution in [3.63, 3.8) is 0 Å². The van der Waals surface area contributed by atoms with Gasteiger partial charge in [0.15, 0.2) is 0 Å². The first-order valence-corrected chi connectivity index (χ1v) is 8.51. The van der Waals surface area contributed by atoms with Crippen LogP contribution < -0.4 is 16.3 Å². The predicted octanol–water partition coefficient (Wildman–Crippen LogP) is 1.15. The van der Waals surface area contributed by atoms with E-state index in [1.54, 1.807) is 34.2 Å². The summed E-state index contributed by atoms with van der Waals surface area (Å²) in [5.41, 5.74) is 2.93. The van der Waals surface area contributed by atoms with Crippen LogP contribution in [-0.2, 0) is 18.8 Å². The second kappa shape index (κ2) is 7.11. The molecule has 1 saturated heterocycles. The van der Waals surface area contributed by atoms with Crippen LogP contribution in [0.3, 0.4) is 0 Å². The molecule has 2 heterocycles. The fourth-order valence-corrected chi connectivity index (χ4v) is 3.06. The average molecular weight is 361 g/mol. The molecular formula is C17H23N5O4. The second-order valence-corrected chi connectivity index (χ2v) is 6.39. The van der Waals surface area contributed by atoms with Crippen LogP contribution >= 0.6 is 0 Å². The maximum absolute atomic E-state index is 12.2. The topological polar surface area (TPSA) is 97.6 Å². The van der Waals surface area contributed by atoms with Gasteiger partial charge in [-0.3, -0.25) is 9.13 Å². The molecule has 0 bridgehead atoms. The Bertz CT molecular complexity index is 914. The van der Waals surface area contributed by atoms with Crippen LogP contribution in [0.25, 0.3) is 11.0 Å². The Morgan fingerprint density at radius 3 is 2.58 bits per heavy atom. The number of aromatic nitrogens is 2. The third-order valence-corrected chi connectivity index (χ3v) is 4.59. The van der Waals surface area contributed by atoms with Crippen molar-refractivity contribution in [2.45, 2.75) is 13.3 Å². The van der Waals surface area contributed by atoms with E-state index in [9.17, 15) is 14.4 Å². The number of aryl methyl sites for hydroxylation is 3. The molecule has 140 valence electrons. The first-order valence-electron chi connectivity index (χ1n) is 8.51. The highest BCUT2D eigenvalue weighted by Gasteiger charge is 2.19.